The van der Waals surface area contributed by atoms with Crippen LogP contribution in [0.5, 0.6) is 0 Å². The van der Waals surface area contributed by atoms with Gasteiger partial charge in [-0.05, 0) is 0 Å². The summed E-state index contributed by atoms with van der Waals surface area (Å²) in [6.45, 7) is 2.81. The van der Waals surface area contributed by atoms with Crippen LogP contribution < -0.4 is 4.72 Å². The minimum atomic E-state index is -4.88. The summed E-state index contributed by atoms with van der Waals surface area (Å²) < 4.78 is 46.2. The Hall–Kier alpha value is -0.590. The summed E-state index contributed by atoms with van der Waals surface area (Å²) in [6, 6.07) is 0. The van der Waals surface area contributed by atoms with Crippen molar-refractivity contribution in [2.24, 2.45) is 5.92 Å². The van der Waals surface area contributed by atoms with Crippen LogP contribution in [0.2, 0.25) is 0 Å². The lowest BCUT2D eigenvalue weighted by Crippen LogP contribution is -2.36. The lowest BCUT2D eigenvalue weighted by atomic mass is 10.2. The Bertz CT molecular complexity index is 201. The lowest BCUT2D eigenvalue weighted by Gasteiger charge is -2.08. The quantitative estimate of drug-likeness (QED) is 0.726. The van der Waals surface area contributed by atoms with Crippen molar-refractivity contribution in [1.29, 1.82) is 0 Å². The van der Waals surface area contributed by atoms with Crippen molar-refractivity contribution in [2.45, 2.75) is 19.4 Å². The number of carbonyl (C=O) groups excluding carboxylic acids is 1. The summed E-state index contributed by atoms with van der Waals surface area (Å²) in [4.78, 5) is 10.6. The van der Waals surface area contributed by atoms with Crippen molar-refractivity contribution in [3.63, 3.8) is 0 Å². The molecule has 0 spiro atoms. The molecule has 0 aromatic rings. The molecule has 1 amide bonds. The third-order valence-electron chi connectivity index (χ3n) is 0.928. The van der Waals surface area contributed by atoms with E-state index in [0.29, 0.717) is 0 Å². The van der Waals surface area contributed by atoms with Crippen LogP contribution in [-0.4, -0.2) is 15.6 Å². The van der Waals surface area contributed by atoms with Crippen LogP contribution in [0.3, 0.4) is 0 Å². The Morgan fingerprint density at radius 3 is 2.08 bits per heavy atom. The fourth-order valence-electron chi connectivity index (χ4n) is 0.267. The summed E-state index contributed by atoms with van der Waals surface area (Å²) in [5.74, 6) is -1.50. The summed E-state index contributed by atoms with van der Waals surface area (Å²) in [5.41, 5.74) is -4.88. The first-order valence-corrected chi connectivity index (χ1v) is 4.19. The Morgan fingerprint density at radius 1 is 1.42 bits per heavy atom. The Kier molecular flexibility index (Phi) is 3.69. The van der Waals surface area contributed by atoms with Crippen LogP contribution in [0.15, 0.2) is 0 Å². The molecule has 0 saturated carbocycles. The zero-order chi connectivity index (χ0) is 9.94. The van der Waals surface area contributed by atoms with Crippen molar-refractivity contribution in [1.82, 2.24) is 4.72 Å². The third-order valence-corrected chi connectivity index (χ3v) is 1.73. The lowest BCUT2D eigenvalue weighted by molar-refractivity contribution is -0.122. The SMILES string of the molecule is CC(C)C(=O)NS(=O)C(F)(F)F. The molecule has 0 heterocycles. The second kappa shape index (κ2) is 3.88. The number of hydrogen-bond donors (Lipinski definition) is 1. The molecular weight excluding hydrogens is 195 g/mol. The topological polar surface area (TPSA) is 46.2 Å². The van der Waals surface area contributed by atoms with Crippen molar-refractivity contribution >= 4 is 16.9 Å². The average molecular weight is 203 g/mol. The molecule has 3 nitrogen and oxygen atoms in total. The number of amides is 1. The minimum absolute atomic E-state index is 0.615. The number of rotatable bonds is 2. The van der Waals surface area contributed by atoms with E-state index in [2.05, 4.69) is 0 Å². The van der Waals surface area contributed by atoms with Gasteiger partial charge >= 0.3 is 5.51 Å². The largest absolute Gasteiger partial charge is 0.490 e. The van der Waals surface area contributed by atoms with Crippen molar-refractivity contribution in [3.05, 3.63) is 0 Å². The van der Waals surface area contributed by atoms with Crippen LogP contribution in [0.4, 0.5) is 13.2 Å². The van der Waals surface area contributed by atoms with Gasteiger partial charge in [-0.3, -0.25) is 9.52 Å². The van der Waals surface area contributed by atoms with Crippen LogP contribution in [0.1, 0.15) is 13.8 Å². The summed E-state index contributed by atoms with van der Waals surface area (Å²) in [6.07, 6.45) is 0. The number of nitrogens with one attached hydrogen (secondary N) is 1. The van der Waals surface area contributed by atoms with E-state index in [4.69, 9.17) is 0 Å². The maximum absolute atomic E-state index is 11.6. The predicted molar refractivity (Wildman–Crippen MR) is 37.2 cm³/mol. The average Bonchev–Trinajstić information content (AvgIpc) is 1.85. The van der Waals surface area contributed by atoms with Crippen LogP contribution in [-0.2, 0) is 15.8 Å². The van der Waals surface area contributed by atoms with Gasteiger partial charge in [-0.1, -0.05) is 13.8 Å². The fourth-order valence-corrected chi connectivity index (χ4v) is 0.801. The van der Waals surface area contributed by atoms with E-state index in [1.54, 1.807) is 0 Å². The third kappa shape index (κ3) is 3.70. The molecule has 1 unspecified atom stereocenters. The molecule has 0 rings (SSSR count). The van der Waals surface area contributed by atoms with Gasteiger partial charge in [0.15, 0.2) is 0 Å². The van der Waals surface area contributed by atoms with E-state index in [1.165, 1.54) is 18.6 Å². The smallest absolute Gasteiger partial charge is 0.274 e. The second-order valence-electron chi connectivity index (χ2n) is 2.34. The van der Waals surface area contributed by atoms with Crippen molar-refractivity contribution < 1.29 is 22.2 Å². The molecular formula is C5H8F3NO2S. The molecule has 0 aromatic heterocycles. The van der Waals surface area contributed by atoms with E-state index in [9.17, 15) is 22.2 Å². The van der Waals surface area contributed by atoms with Crippen molar-refractivity contribution in [2.75, 3.05) is 0 Å². The highest BCUT2D eigenvalue weighted by atomic mass is 32.2. The molecule has 0 bridgehead atoms. The monoisotopic (exact) mass is 203 g/mol. The molecule has 0 saturated heterocycles. The molecule has 0 aliphatic rings. The van der Waals surface area contributed by atoms with Crippen LogP contribution >= 0.6 is 0 Å². The van der Waals surface area contributed by atoms with Gasteiger partial charge < -0.3 is 0 Å². The standard InChI is InChI=1S/C5H8F3NO2S/c1-3(2)4(10)9-12(11)5(6,7)8/h3H,1-2H3,(H,9,10). The van der Waals surface area contributed by atoms with Gasteiger partial charge in [0.25, 0.3) is 0 Å². The maximum Gasteiger partial charge on any atom is 0.490 e. The normalized spacial score (nSPS) is 14.5. The van der Waals surface area contributed by atoms with E-state index < -0.39 is 28.3 Å². The van der Waals surface area contributed by atoms with Gasteiger partial charge in [-0.2, -0.15) is 13.2 Å². The molecule has 72 valence electrons. The van der Waals surface area contributed by atoms with E-state index >= 15 is 0 Å². The summed E-state index contributed by atoms with van der Waals surface area (Å²) in [7, 11) is -3.29. The number of hydrogen-bond acceptors (Lipinski definition) is 2. The highest BCUT2D eigenvalue weighted by Gasteiger charge is 2.38. The molecule has 0 radical (unpaired) electrons. The summed E-state index contributed by atoms with van der Waals surface area (Å²) in [5, 5.41) is 0. The molecule has 0 aromatic carbocycles. The predicted octanol–water partition coefficient (Wildman–Crippen LogP) is 0.942. The summed E-state index contributed by atoms with van der Waals surface area (Å²) >= 11 is 0. The fraction of sp³-hybridized carbons (Fsp3) is 0.800. The number of alkyl halides is 3. The Balaban J connectivity index is 4.12. The van der Waals surface area contributed by atoms with Crippen LogP contribution in [0, 0.1) is 5.92 Å². The van der Waals surface area contributed by atoms with E-state index in [1.807, 2.05) is 0 Å². The highest BCUT2D eigenvalue weighted by molar-refractivity contribution is 7.84. The second-order valence-corrected chi connectivity index (χ2v) is 3.54. The van der Waals surface area contributed by atoms with E-state index in [0.717, 1.165) is 0 Å². The Labute approximate surface area is 69.9 Å². The van der Waals surface area contributed by atoms with Crippen molar-refractivity contribution in [3.8, 4) is 0 Å². The van der Waals surface area contributed by atoms with Gasteiger partial charge in [-0.15, -0.1) is 0 Å². The Morgan fingerprint density at radius 2 is 1.83 bits per heavy atom. The van der Waals surface area contributed by atoms with E-state index in [-0.39, 0.29) is 0 Å². The van der Waals surface area contributed by atoms with Gasteiger partial charge in [0.05, 0.1) is 0 Å². The first-order valence-electron chi connectivity index (χ1n) is 3.04. The molecule has 12 heavy (non-hydrogen) atoms. The number of halogens is 3. The zero-order valence-electron chi connectivity index (χ0n) is 6.44. The first-order chi connectivity index (χ1) is 5.25. The molecule has 1 N–H and O–H groups in total. The zero-order valence-corrected chi connectivity index (χ0v) is 7.25. The highest BCUT2D eigenvalue weighted by Crippen LogP contribution is 2.18. The molecule has 0 aliphatic heterocycles. The van der Waals surface area contributed by atoms with Gasteiger partial charge in [-0.25, -0.2) is 4.21 Å². The number of carbonyl (C=O) groups is 1. The molecule has 0 fully saturated rings. The first kappa shape index (κ1) is 11.4. The van der Waals surface area contributed by atoms with Crippen LogP contribution in [0.25, 0.3) is 0 Å². The van der Waals surface area contributed by atoms with Gasteiger partial charge in [0, 0.05) is 5.92 Å². The molecule has 1 atom stereocenters. The molecule has 0 aliphatic carbocycles. The van der Waals surface area contributed by atoms with Gasteiger partial charge in [0.1, 0.15) is 0 Å². The molecule has 7 heteroatoms. The minimum Gasteiger partial charge on any atom is -0.274 e. The van der Waals surface area contributed by atoms with Gasteiger partial charge in [0.2, 0.25) is 16.9 Å². The maximum atomic E-state index is 11.6.